The van der Waals surface area contributed by atoms with E-state index in [1.165, 1.54) is 11.0 Å². The third-order valence-corrected chi connectivity index (χ3v) is 4.41. The number of carbonyl (C=O) groups is 2. The first-order chi connectivity index (χ1) is 13.4. The number of hydrogen-bond donors (Lipinski definition) is 1. The zero-order valence-electron chi connectivity index (χ0n) is 16.0. The van der Waals surface area contributed by atoms with Crippen molar-refractivity contribution in [1.82, 2.24) is 10.2 Å². The van der Waals surface area contributed by atoms with Crippen molar-refractivity contribution in [3.63, 3.8) is 0 Å². The van der Waals surface area contributed by atoms with Gasteiger partial charge in [-0.15, -0.1) is 0 Å². The summed E-state index contributed by atoms with van der Waals surface area (Å²) < 4.78 is 19.6. The third-order valence-electron chi connectivity index (χ3n) is 4.17. The number of amides is 2. The molecule has 0 saturated heterocycles. The van der Waals surface area contributed by atoms with Crippen LogP contribution in [0.1, 0.15) is 25.8 Å². The lowest BCUT2D eigenvalue weighted by atomic mass is 10.1. The van der Waals surface area contributed by atoms with Gasteiger partial charge < -0.3 is 15.0 Å². The molecule has 0 spiro atoms. The zero-order chi connectivity index (χ0) is 20.5. The van der Waals surface area contributed by atoms with Gasteiger partial charge in [0.2, 0.25) is 5.91 Å². The van der Waals surface area contributed by atoms with Crippen molar-refractivity contribution in [3.8, 4) is 5.75 Å². The van der Waals surface area contributed by atoms with Crippen LogP contribution in [-0.2, 0) is 16.1 Å². The second-order valence-electron chi connectivity index (χ2n) is 6.33. The molecule has 150 valence electrons. The number of hydrogen-bond acceptors (Lipinski definition) is 3. The first-order valence-electron chi connectivity index (χ1n) is 9.11. The van der Waals surface area contributed by atoms with E-state index in [2.05, 4.69) is 5.32 Å². The molecule has 1 N–H and O–H groups in total. The molecule has 0 bridgehead atoms. The number of rotatable bonds is 9. The Morgan fingerprint density at radius 3 is 2.64 bits per heavy atom. The van der Waals surface area contributed by atoms with Gasteiger partial charge in [-0.3, -0.25) is 9.59 Å². The summed E-state index contributed by atoms with van der Waals surface area (Å²) in [5.74, 6) is -0.719. The molecule has 7 heteroatoms. The van der Waals surface area contributed by atoms with Crippen LogP contribution >= 0.6 is 11.6 Å². The fourth-order valence-electron chi connectivity index (χ4n) is 2.57. The van der Waals surface area contributed by atoms with Gasteiger partial charge in [-0.25, -0.2) is 4.39 Å². The van der Waals surface area contributed by atoms with E-state index in [9.17, 15) is 14.0 Å². The normalized spacial score (nSPS) is 11.6. The van der Waals surface area contributed by atoms with Crippen molar-refractivity contribution >= 4 is 23.4 Å². The minimum atomic E-state index is -0.776. The van der Waals surface area contributed by atoms with Crippen LogP contribution in [0.5, 0.6) is 5.75 Å². The fourth-order valence-corrected chi connectivity index (χ4v) is 2.75. The van der Waals surface area contributed by atoms with Crippen LogP contribution < -0.4 is 10.1 Å². The largest absolute Gasteiger partial charge is 0.484 e. The van der Waals surface area contributed by atoms with E-state index in [4.69, 9.17) is 16.3 Å². The molecule has 2 aromatic rings. The second-order valence-corrected chi connectivity index (χ2v) is 6.76. The number of ether oxygens (including phenoxy) is 1. The maximum Gasteiger partial charge on any atom is 0.261 e. The van der Waals surface area contributed by atoms with Gasteiger partial charge in [-0.1, -0.05) is 42.8 Å². The predicted octanol–water partition coefficient (Wildman–Crippen LogP) is 3.80. The molecule has 2 aromatic carbocycles. The van der Waals surface area contributed by atoms with Gasteiger partial charge in [0.25, 0.3) is 5.91 Å². The maximum absolute atomic E-state index is 14.1. The monoisotopic (exact) mass is 406 g/mol. The maximum atomic E-state index is 14.1. The van der Waals surface area contributed by atoms with Crippen molar-refractivity contribution in [2.75, 3.05) is 13.2 Å². The molecule has 0 radical (unpaired) electrons. The smallest absolute Gasteiger partial charge is 0.261 e. The average molecular weight is 407 g/mol. The molecule has 0 saturated carbocycles. The van der Waals surface area contributed by atoms with Crippen LogP contribution in [0, 0.1) is 5.82 Å². The predicted molar refractivity (Wildman–Crippen MR) is 107 cm³/mol. The summed E-state index contributed by atoms with van der Waals surface area (Å²) in [6.07, 6.45) is 0.775. The lowest BCUT2D eigenvalue weighted by Crippen LogP contribution is -2.49. The Hall–Kier alpha value is -2.60. The Balaban J connectivity index is 2.14. The number of halogens is 2. The van der Waals surface area contributed by atoms with Crippen LogP contribution in [0.15, 0.2) is 48.5 Å². The molecule has 2 amide bonds. The summed E-state index contributed by atoms with van der Waals surface area (Å²) in [4.78, 5) is 26.5. The van der Waals surface area contributed by atoms with Crippen molar-refractivity contribution in [3.05, 3.63) is 64.9 Å². The highest BCUT2D eigenvalue weighted by Crippen LogP contribution is 2.18. The van der Waals surface area contributed by atoms with Crippen LogP contribution in [0.4, 0.5) is 4.39 Å². The van der Waals surface area contributed by atoms with Crippen molar-refractivity contribution in [2.24, 2.45) is 0 Å². The van der Waals surface area contributed by atoms with Gasteiger partial charge in [-0.05, 0) is 37.6 Å². The standard InChI is InChI=1S/C21H24ClFN2O3/c1-3-11-24-21(27)15(2)25(13-16-7-4-5-10-19(16)23)20(26)14-28-18-9-6-8-17(22)12-18/h4-10,12,15H,3,11,13-14H2,1-2H3,(H,24,27)/t15-/m0/s1. The average Bonchev–Trinajstić information content (AvgIpc) is 2.69. The molecule has 0 aliphatic carbocycles. The fraction of sp³-hybridized carbons (Fsp3) is 0.333. The summed E-state index contributed by atoms with van der Waals surface area (Å²) in [7, 11) is 0. The highest BCUT2D eigenvalue weighted by atomic mass is 35.5. The summed E-state index contributed by atoms with van der Waals surface area (Å²) in [6, 6.07) is 12.1. The van der Waals surface area contributed by atoms with E-state index < -0.39 is 17.8 Å². The van der Waals surface area contributed by atoms with Gasteiger partial charge >= 0.3 is 0 Å². The van der Waals surface area contributed by atoms with E-state index in [1.54, 1.807) is 49.4 Å². The molecule has 0 aliphatic heterocycles. The summed E-state index contributed by atoms with van der Waals surface area (Å²) >= 11 is 5.92. The number of carbonyl (C=O) groups excluding carboxylic acids is 2. The summed E-state index contributed by atoms with van der Waals surface area (Å²) in [5, 5.41) is 3.25. The Morgan fingerprint density at radius 2 is 1.96 bits per heavy atom. The summed E-state index contributed by atoms with van der Waals surface area (Å²) in [5.41, 5.74) is 0.328. The van der Waals surface area contributed by atoms with Gasteiger partial charge in [0.1, 0.15) is 17.6 Å². The van der Waals surface area contributed by atoms with Crippen molar-refractivity contribution in [2.45, 2.75) is 32.9 Å². The minimum absolute atomic E-state index is 0.0366. The van der Waals surface area contributed by atoms with Crippen molar-refractivity contribution < 1.29 is 18.7 Å². The molecule has 2 rings (SSSR count). The molecule has 0 heterocycles. The number of nitrogens with zero attached hydrogens (tertiary/aromatic N) is 1. The van der Waals surface area contributed by atoms with Crippen LogP contribution in [0.25, 0.3) is 0 Å². The quantitative estimate of drug-likeness (QED) is 0.689. The molecule has 0 aromatic heterocycles. The highest BCUT2D eigenvalue weighted by Gasteiger charge is 2.27. The van der Waals surface area contributed by atoms with E-state index in [0.717, 1.165) is 6.42 Å². The molecule has 0 unspecified atom stereocenters. The highest BCUT2D eigenvalue weighted by molar-refractivity contribution is 6.30. The van der Waals surface area contributed by atoms with E-state index in [-0.39, 0.29) is 19.1 Å². The van der Waals surface area contributed by atoms with Gasteiger partial charge in [0.05, 0.1) is 0 Å². The van der Waals surface area contributed by atoms with Gasteiger partial charge in [0, 0.05) is 23.7 Å². The Bertz CT molecular complexity index is 816. The lowest BCUT2D eigenvalue weighted by Gasteiger charge is -2.28. The molecule has 1 atom stereocenters. The summed E-state index contributed by atoms with van der Waals surface area (Å²) in [6.45, 7) is 3.73. The topological polar surface area (TPSA) is 58.6 Å². The molecule has 0 fully saturated rings. The zero-order valence-corrected chi connectivity index (χ0v) is 16.7. The van der Waals surface area contributed by atoms with Crippen LogP contribution in [-0.4, -0.2) is 35.9 Å². The molecular weight excluding hydrogens is 383 g/mol. The number of nitrogens with one attached hydrogen (secondary N) is 1. The van der Waals surface area contributed by atoms with Gasteiger partial charge in [-0.2, -0.15) is 0 Å². The number of benzene rings is 2. The van der Waals surface area contributed by atoms with Crippen LogP contribution in [0.2, 0.25) is 5.02 Å². The molecule has 28 heavy (non-hydrogen) atoms. The second kappa shape index (κ2) is 10.7. The molecule has 0 aliphatic rings. The first-order valence-corrected chi connectivity index (χ1v) is 9.49. The van der Waals surface area contributed by atoms with Crippen LogP contribution in [0.3, 0.4) is 0 Å². The minimum Gasteiger partial charge on any atom is -0.484 e. The first kappa shape index (κ1) is 21.7. The van der Waals surface area contributed by atoms with E-state index in [0.29, 0.717) is 22.9 Å². The van der Waals surface area contributed by atoms with Gasteiger partial charge in [0.15, 0.2) is 6.61 Å². The Kier molecular flexibility index (Phi) is 8.26. The Morgan fingerprint density at radius 1 is 1.21 bits per heavy atom. The molecular formula is C21H24ClFN2O3. The van der Waals surface area contributed by atoms with E-state index >= 15 is 0 Å². The third kappa shape index (κ3) is 6.23. The van der Waals surface area contributed by atoms with E-state index in [1.807, 2.05) is 6.92 Å². The van der Waals surface area contributed by atoms with Crippen molar-refractivity contribution in [1.29, 1.82) is 0 Å². The molecule has 5 nitrogen and oxygen atoms in total. The Labute approximate surface area is 169 Å². The SMILES string of the molecule is CCCNC(=O)[C@H](C)N(Cc1ccccc1F)C(=O)COc1cccc(Cl)c1. The lowest BCUT2D eigenvalue weighted by molar-refractivity contribution is -0.142.